The summed E-state index contributed by atoms with van der Waals surface area (Å²) in [5.74, 6) is 1.12. The highest BCUT2D eigenvalue weighted by Crippen LogP contribution is 2.20. The van der Waals surface area contributed by atoms with E-state index in [9.17, 15) is 0 Å². The summed E-state index contributed by atoms with van der Waals surface area (Å²) in [6.07, 6.45) is 7.33. The van der Waals surface area contributed by atoms with Gasteiger partial charge in [0.15, 0.2) is 0 Å². The molecule has 0 amide bonds. The first-order valence-corrected chi connectivity index (χ1v) is 8.05. The van der Waals surface area contributed by atoms with Gasteiger partial charge in [0.1, 0.15) is 5.82 Å². The van der Waals surface area contributed by atoms with Gasteiger partial charge >= 0.3 is 0 Å². The van der Waals surface area contributed by atoms with Crippen LogP contribution in [0.15, 0.2) is 48.3 Å². The highest BCUT2D eigenvalue weighted by molar-refractivity contribution is 5.88. The Morgan fingerprint density at radius 3 is 2.88 bits per heavy atom. The van der Waals surface area contributed by atoms with Gasteiger partial charge in [-0.3, -0.25) is 0 Å². The fraction of sp³-hybridized carbons (Fsp3) is 0.333. The van der Waals surface area contributed by atoms with E-state index in [0.29, 0.717) is 31.5 Å². The summed E-state index contributed by atoms with van der Waals surface area (Å²) in [4.78, 5) is 13.0. The molecule has 3 rings (SSSR count). The van der Waals surface area contributed by atoms with Gasteiger partial charge in [0, 0.05) is 31.7 Å². The van der Waals surface area contributed by atoms with Gasteiger partial charge in [0.25, 0.3) is 0 Å². The molecule has 134 valence electrons. The van der Waals surface area contributed by atoms with Crippen LogP contribution in [0.4, 0.5) is 11.8 Å². The largest absolute Gasteiger partial charge is 0.383 e. The highest BCUT2D eigenvalue weighted by Gasteiger charge is 2.10. The molecular weight excluding hydrogens is 338 g/mol. The normalized spacial score (nSPS) is 13.5. The molecule has 1 aromatic heterocycles. The van der Waals surface area contributed by atoms with Gasteiger partial charge in [-0.2, -0.15) is 4.98 Å². The number of nitrogen functional groups attached to an aromatic ring is 1. The SMILES string of the molecule is CN1C=CCC=C1COCCN(C)c1nc(N)c2ccccc2n1.Cl. The molecule has 0 atom stereocenters. The number of nitrogens with two attached hydrogens (primary N) is 1. The summed E-state index contributed by atoms with van der Waals surface area (Å²) in [5.41, 5.74) is 8.08. The van der Waals surface area contributed by atoms with Gasteiger partial charge in [0.2, 0.25) is 5.95 Å². The summed E-state index contributed by atoms with van der Waals surface area (Å²) >= 11 is 0. The smallest absolute Gasteiger partial charge is 0.227 e. The molecule has 0 fully saturated rings. The number of rotatable bonds is 6. The zero-order valence-corrected chi connectivity index (χ0v) is 15.4. The predicted molar refractivity (Wildman–Crippen MR) is 105 cm³/mol. The number of allylic oxidation sites excluding steroid dienone is 2. The van der Waals surface area contributed by atoms with Gasteiger partial charge < -0.3 is 20.3 Å². The van der Waals surface area contributed by atoms with Crippen molar-refractivity contribution in [1.82, 2.24) is 14.9 Å². The maximum Gasteiger partial charge on any atom is 0.227 e. The number of ether oxygens (including phenoxy) is 1. The predicted octanol–water partition coefficient (Wildman–Crippen LogP) is 2.82. The lowest BCUT2D eigenvalue weighted by atomic mass is 10.2. The van der Waals surface area contributed by atoms with Gasteiger partial charge in [-0.05, 0) is 24.8 Å². The molecule has 0 unspecified atom stereocenters. The van der Waals surface area contributed by atoms with Crippen LogP contribution < -0.4 is 10.6 Å². The molecule has 0 radical (unpaired) electrons. The van der Waals surface area contributed by atoms with E-state index in [1.54, 1.807) is 0 Å². The van der Waals surface area contributed by atoms with Crippen LogP contribution in [0.2, 0.25) is 0 Å². The molecule has 0 bridgehead atoms. The number of benzene rings is 1. The molecular formula is C18H24ClN5O. The van der Waals surface area contributed by atoms with Crippen molar-refractivity contribution in [3.8, 4) is 0 Å². The molecule has 2 N–H and O–H groups in total. The van der Waals surface area contributed by atoms with Crippen molar-refractivity contribution in [2.45, 2.75) is 6.42 Å². The third-order valence-corrected chi connectivity index (χ3v) is 4.05. The molecule has 2 heterocycles. The molecule has 0 saturated carbocycles. The standard InChI is InChI=1S/C18H23N5O.ClH/c1-22-10-6-5-7-14(22)13-24-12-11-23(2)18-20-16-9-4-3-8-15(16)17(19)21-18;/h3-4,6-10H,5,11-13H2,1-2H3,(H2,19,20,21);1H. The number of para-hydroxylation sites is 1. The number of hydrogen-bond acceptors (Lipinski definition) is 6. The first-order valence-electron chi connectivity index (χ1n) is 8.05. The molecule has 2 aromatic rings. The summed E-state index contributed by atoms with van der Waals surface area (Å²) in [6, 6.07) is 7.76. The average molecular weight is 362 g/mol. The second kappa shape index (κ2) is 8.69. The Bertz CT molecular complexity index is 777. The van der Waals surface area contributed by atoms with Gasteiger partial charge in [-0.1, -0.05) is 24.3 Å². The fourth-order valence-corrected chi connectivity index (χ4v) is 2.56. The van der Waals surface area contributed by atoms with E-state index in [-0.39, 0.29) is 12.4 Å². The highest BCUT2D eigenvalue weighted by atomic mass is 35.5. The molecule has 0 aliphatic carbocycles. The average Bonchev–Trinajstić information content (AvgIpc) is 2.60. The molecule has 0 spiro atoms. The maximum atomic E-state index is 6.03. The number of aromatic nitrogens is 2. The topological polar surface area (TPSA) is 67.5 Å². The van der Waals surface area contributed by atoms with Crippen LogP contribution in [-0.4, -0.2) is 48.7 Å². The summed E-state index contributed by atoms with van der Waals surface area (Å²) < 4.78 is 5.78. The third-order valence-electron chi connectivity index (χ3n) is 4.05. The number of halogens is 1. The number of fused-ring (bicyclic) bond motifs is 1. The van der Waals surface area contributed by atoms with Gasteiger partial charge in [-0.15, -0.1) is 12.4 Å². The number of nitrogens with zero attached hydrogens (tertiary/aromatic N) is 4. The number of anilines is 2. The second-order valence-electron chi connectivity index (χ2n) is 5.83. The van der Waals surface area contributed by atoms with Crippen LogP contribution in [0.25, 0.3) is 10.9 Å². The van der Waals surface area contributed by atoms with Crippen molar-refractivity contribution < 1.29 is 4.74 Å². The van der Waals surface area contributed by atoms with Crippen molar-refractivity contribution in [2.24, 2.45) is 0 Å². The molecule has 25 heavy (non-hydrogen) atoms. The Morgan fingerprint density at radius 1 is 1.28 bits per heavy atom. The van der Waals surface area contributed by atoms with Crippen LogP contribution in [0.1, 0.15) is 6.42 Å². The lowest BCUT2D eigenvalue weighted by Crippen LogP contribution is -2.26. The van der Waals surface area contributed by atoms with Crippen LogP contribution in [0.3, 0.4) is 0 Å². The Hall–Kier alpha value is -2.31. The van der Waals surface area contributed by atoms with E-state index in [0.717, 1.165) is 17.3 Å². The van der Waals surface area contributed by atoms with Crippen LogP contribution in [-0.2, 0) is 4.74 Å². The van der Waals surface area contributed by atoms with E-state index < -0.39 is 0 Å². The Kier molecular flexibility index (Phi) is 6.61. The van der Waals surface area contributed by atoms with E-state index in [1.165, 1.54) is 5.70 Å². The van der Waals surface area contributed by atoms with E-state index in [4.69, 9.17) is 10.5 Å². The zero-order valence-electron chi connectivity index (χ0n) is 14.6. The molecule has 1 aliphatic rings. The summed E-state index contributed by atoms with van der Waals surface area (Å²) in [7, 11) is 3.98. The maximum absolute atomic E-state index is 6.03. The molecule has 7 heteroatoms. The second-order valence-corrected chi connectivity index (χ2v) is 5.83. The minimum absolute atomic E-state index is 0. The zero-order chi connectivity index (χ0) is 16.9. The Morgan fingerprint density at radius 2 is 2.08 bits per heavy atom. The van der Waals surface area contributed by atoms with Crippen molar-refractivity contribution in [1.29, 1.82) is 0 Å². The molecule has 6 nitrogen and oxygen atoms in total. The summed E-state index contributed by atoms with van der Waals surface area (Å²) in [5, 5.41) is 0.881. The van der Waals surface area contributed by atoms with Gasteiger partial charge in [-0.25, -0.2) is 4.98 Å². The fourth-order valence-electron chi connectivity index (χ4n) is 2.56. The van der Waals surface area contributed by atoms with Crippen molar-refractivity contribution in [2.75, 3.05) is 44.5 Å². The van der Waals surface area contributed by atoms with Crippen molar-refractivity contribution >= 4 is 35.1 Å². The number of likely N-dealkylation sites (N-methyl/N-ethyl adjacent to an activating group) is 2. The van der Waals surface area contributed by atoms with Crippen LogP contribution in [0.5, 0.6) is 0 Å². The quantitative estimate of drug-likeness (QED) is 0.798. The molecule has 1 aliphatic heterocycles. The Labute approximate surface area is 154 Å². The van der Waals surface area contributed by atoms with Crippen LogP contribution >= 0.6 is 12.4 Å². The Balaban J connectivity index is 0.00000225. The summed E-state index contributed by atoms with van der Waals surface area (Å²) in [6.45, 7) is 1.90. The molecule has 1 aromatic carbocycles. The van der Waals surface area contributed by atoms with Crippen molar-refractivity contribution in [3.63, 3.8) is 0 Å². The van der Waals surface area contributed by atoms with Crippen LogP contribution in [0, 0.1) is 0 Å². The van der Waals surface area contributed by atoms with E-state index in [1.807, 2.05) is 43.3 Å². The monoisotopic (exact) mass is 361 g/mol. The lowest BCUT2D eigenvalue weighted by Gasteiger charge is -2.22. The first kappa shape index (κ1) is 19.0. The van der Waals surface area contributed by atoms with E-state index >= 15 is 0 Å². The van der Waals surface area contributed by atoms with E-state index in [2.05, 4.69) is 33.2 Å². The first-order chi connectivity index (χ1) is 11.6. The van der Waals surface area contributed by atoms with Gasteiger partial charge in [0.05, 0.1) is 18.7 Å². The minimum Gasteiger partial charge on any atom is -0.383 e. The molecule has 0 saturated heterocycles. The van der Waals surface area contributed by atoms with Crippen molar-refractivity contribution in [3.05, 3.63) is 48.3 Å². The third kappa shape index (κ3) is 4.61. The minimum atomic E-state index is 0. The lowest BCUT2D eigenvalue weighted by molar-refractivity contribution is 0.149. The number of hydrogen-bond donors (Lipinski definition) is 1.